The third kappa shape index (κ3) is 5.10. The molecule has 0 unspecified atom stereocenters. The number of anilines is 1. The van der Waals surface area contributed by atoms with Crippen molar-refractivity contribution in [2.45, 2.75) is 44.9 Å². The Balaban J connectivity index is 1.91. The summed E-state index contributed by atoms with van der Waals surface area (Å²) in [5, 5.41) is 0. The van der Waals surface area contributed by atoms with E-state index >= 15 is 0 Å². The third-order valence-corrected chi connectivity index (χ3v) is 6.15. The lowest BCUT2D eigenvalue weighted by Gasteiger charge is -2.13. The smallest absolute Gasteiger partial charge is 0.261 e. The summed E-state index contributed by atoms with van der Waals surface area (Å²) in [6.07, 6.45) is 3.56. The summed E-state index contributed by atoms with van der Waals surface area (Å²) < 4.78 is 28.4. The molecule has 6 nitrogen and oxygen atoms in total. The number of rotatable bonds is 7. The highest BCUT2D eigenvalue weighted by atomic mass is 32.2. The number of hydrogen-bond donors (Lipinski definition) is 1. The zero-order valence-electron chi connectivity index (χ0n) is 17.5. The van der Waals surface area contributed by atoms with Gasteiger partial charge in [-0.1, -0.05) is 26.0 Å². The Hall–Kier alpha value is -3.06. The molecule has 7 heteroatoms. The fourth-order valence-corrected chi connectivity index (χ4v) is 4.15. The summed E-state index contributed by atoms with van der Waals surface area (Å²) in [4.78, 5) is 20.1. The number of nitrogens with one attached hydrogen (secondary N) is 1. The van der Waals surface area contributed by atoms with Crippen LogP contribution in [0.1, 0.15) is 43.6 Å². The van der Waals surface area contributed by atoms with Gasteiger partial charge in [-0.15, -0.1) is 0 Å². The van der Waals surface area contributed by atoms with E-state index in [2.05, 4.69) is 28.5 Å². The van der Waals surface area contributed by atoms with Gasteiger partial charge in [-0.05, 0) is 61.2 Å². The number of pyridine rings is 2. The van der Waals surface area contributed by atoms with E-state index in [0.717, 1.165) is 16.7 Å². The van der Waals surface area contributed by atoms with Crippen LogP contribution in [0.3, 0.4) is 0 Å². The molecule has 0 aliphatic heterocycles. The van der Waals surface area contributed by atoms with Gasteiger partial charge in [-0.25, -0.2) is 8.42 Å². The minimum absolute atomic E-state index is 0.0265. The van der Waals surface area contributed by atoms with Gasteiger partial charge in [-0.3, -0.25) is 19.5 Å². The second-order valence-corrected chi connectivity index (χ2v) is 9.28. The van der Waals surface area contributed by atoms with Gasteiger partial charge in [0.25, 0.3) is 10.0 Å². The van der Waals surface area contributed by atoms with Crippen molar-refractivity contribution >= 4 is 21.5 Å². The average molecular weight is 424 g/mol. The molecule has 3 rings (SSSR count). The van der Waals surface area contributed by atoms with Crippen LogP contribution in [0.15, 0.2) is 59.8 Å². The van der Waals surface area contributed by atoms with Crippen LogP contribution in [0, 0.1) is 6.92 Å². The molecule has 0 aliphatic rings. The van der Waals surface area contributed by atoms with Gasteiger partial charge in [0.05, 0.1) is 16.3 Å². The maximum Gasteiger partial charge on any atom is 0.261 e. The zero-order valence-corrected chi connectivity index (χ0v) is 18.3. The quantitative estimate of drug-likeness (QED) is 0.604. The van der Waals surface area contributed by atoms with Crippen LogP contribution < -0.4 is 4.72 Å². The Bertz CT molecular complexity index is 1170. The van der Waals surface area contributed by atoms with E-state index in [4.69, 9.17) is 0 Å². The molecule has 0 bridgehead atoms. The first-order chi connectivity index (χ1) is 14.2. The SMILES string of the molecule is CC(=O)Cc1cc(-c2cnc(C)c(NS(=O)(=O)c3ccc(C(C)C)cc3)c2)ccn1. The molecule has 0 aliphatic carbocycles. The van der Waals surface area contributed by atoms with Crippen LogP contribution in [0.2, 0.25) is 0 Å². The Morgan fingerprint density at radius 2 is 1.73 bits per heavy atom. The summed E-state index contributed by atoms with van der Waals surface area (Å²) in [7, 11) is -3.75. The van der Waals surface area contributed by atoms with E-state index in [9.17, 15) is 13.2 Å². The number of nitrogens with zero attached hydrogens (tertiary/aromatic N) is 2. The molecule has 0 spiro atoms. The first kappa shape index (κ1) is 21.6. The number of carbonyl (C=O) groups excluding carboxylic acids is 1. The van der Waals surface area contributed by atoms with E-state index in [-0.39, 0.29) is 17.1 Å². The third-order valence-electron chi connectivity index (χ3n) is 4.77. The largest absolute Gasteiger partial charge is 0.300 e. The van der Waals surface area contributed by atoms with E-state index in [1.54, 1.807) is 43.6 Å². The lowest BCUT2D eigenvalue weighted by Crippen LogP contribution is -2.14. The molecule has 1 aromatic carbocycles. The highest BCUT2D eigenvalue weighted by Gasteiger charge is 2.17. The van der Waals surface area contributed by atoms with E-state index in [0.29, 0.717) is 23.0 Å². The molecule has 0 saturated carbocycles. The van der Waals surface area contributed by atoms with Crippen LogP contribution in [-0.4, -0.2) is 24.2 Å². The van der Waals surface area contributed by atoms with Gasteiger partial charge in [0, 0.05) is 30.1 Å². The van der Waals surface area contributed by atoms with Crippen LogP contribution in [0.4, 0.5) is 5.69 Å². The number of benzene rings is 1. The van der Waals surface area contributed by atoms with E-state index < -0.39 is 10.0 Å². The molecule has 2 heterocycles. The summed E-state index contributed by atoms with van der Waals surface area (Å²) in [5.74, 6) is 0.352. The first-order valence-corrected chi connectivity index (χ1v) is 11.2. The van der Waals surface area contributed by atoms with Crippen molar-refractivity contribution in [1.82, 2.24) is 9.97 Å². The number of carbonyl (C=O) groups is 1. The Morgan fingerprint density at radius 1 is 1.03 bits per heavy atom. The molecule has 30 heavy (non-hydrogen) atoms. The van der Waals surface area contributed by atoms with Gasteiger partial charge in [0.2, 0.25) is 0 Å². The van der Waals surface area contributed by atoms with Gasteiger partial charge in [0.1, 0.15) is 5.78 Å². The van der Waals surface area contributed by atoms with Crippen molar-refractivity contribution in [2.75, 3.05) is 4.72 Å². The molecule has 156 valence electrons. The van der Waals surface area contributed by atoms with Crippen molar-refractivity contribution in [3.05, 3.63) is 71.8 Å². The second kappa shape index (κ2) is 8.75. The van der Waals surface area contributed by atoms with Gasteiger partial charge < -0.3 is 0 Å². The topological polar surface area (TPSA) is 89.0 Å². The maximum atomic E-state index is 12.9. The molecule has 0 saturated heterocycles. The minimum atomic E-state index is -3.75. The highest BCUT2D eigenvalue weighted by Crippen LogP contribution is 2.26. The summed E-state index contributed by atoms with van der Waals surface area (Å²) in [6.45, 7) is 7.38. The Labute approximate surface area is 177 Å². The molecule has 0 radical (unpaired) electrons. The van der Waals surface area contributed by atoms with Gasteiger partial charge >= 0.3 is 0 Å². The molecule has 0 fully saturated rings. The van der Waals surface area contributed by atoms with Crippen molar-refractivity contribution in [3.63, 3.8) is 0 Å². The number of sulfonamides is 1. The van der Waals surface area contributed by atoms with Crippen LogP contribution in [-0.2, 0) is 21.2 Å². The standard InChI is InChI=1S/C23H25N3O3S/c1-15(2)18-5-7-22(8-6-18)30(28,29)26-23-13-20(14-25-17(23)4)19-9-10-24-21(12-19)11-16(3)27/h5-10,12-15,26H,11H2,1-4H3. The highest BCUT2D eigenvalue weighted by molar-refractivity contribution is 7.92. The van der Waals surface area contributed by atoms with Crippen molar-refractivity contribution < 1.29 is 13.2 Å². The monoisotopic (exact) mass is 423 g/mol. The van der Waals surface area contributed by atoms with Crippen LogP contribution >= 0.6 is 0 Å². The predicted octanol–water partition coefficient (Wildman–Crippen LogP) is 4.51. The molecule has 2 aromatic heterocycles. The number of aromatic nitrogens is 2. The Kier molecular flexibility index (Phi) is 6.31. The molecule has 3 aromatic rings. The molecule has 1 N–H and O–H groups in total. The molecule has 0 amide bonds. The zero-order chi connectivity index (χ0) is 21.9. The number of ketones is 1. The molecular weight excluding hydrogens is 398 g/mol. The lowest BCUT2D eigenvalue weighted by molar-refractivity contribution is -0.116. The number of aryl methyl sites for hydroxylation is 1. The van der Waals surface area contributed by atoms with Crippen LogP contribution in [0.5, 0.6) is 0 Å². The summed E-state index contributed by atoms with van der Waals surface area (Å²) in [5.41, 5.74) is 4.27. The van der Waals surface area contributed by atoms with E-state index in [1.807, 2.05) is 18.2 Å². The van der Waals surface area contributed by atoms with Crippen molar-refractivity contribution in [3.8, 4) is 11.1 Å². The van der Waals surface area contributed by atoms with E-state index in [1.165, 1.54) is 6.92 Å². The Morgan fingerprint density at radius 3 is 2.37 bits per heavy atom. The maximum absolute atomic E-state index is 12.9. The van der Waals surface area contributed by atoms with Crippen molar-refractivity contribution in [2.24, 2.45) is 0 Å². The molecular formula is C23H25N3O3S. The van der Waals surface area contributed by atoms with Gasteiger partial charge in [0.15, 0.2) is 0 Å². The average Bonchev–Trinajstić information content (AvgIpc) is 2.69. The van der Waals surface area contributed by atoms with Gasteiger partial charge in [-0.2, -0.15) is 0 Å². The number of Topliss-reactive ketones (excluding diaryl/α,β-unsaturated/α-hetero) is 1. The van der Waals surface area contributed by atoms with Crippen LogP contribution in [0.25, 0.3) is 11.1 Å². The fraction of sp³-hybridized carbons (Fsp3) is 0.261. The summed E-state index contributed by atoms with van der Waals surface area (Å²) >= 11 is 0. The number of hydrogen-bond acceptors (Lipinski definition) is 5. The normalized spacial score (nSPS) is 11.5. The second-order valence-electron chi connectivity index (χ2n) is 7.60. The first-order valence-electron chi connectivity index (χ1n) is 9.70. The van der Waals surface area contributed by atoms with Crippen molar-refractivity contribution in [1.29, 1.82) is 0 Å². The minimum Gasteiger partial charge on any atom is -0.300 e. The predicted molar refractivity (Wildman–Crippen MR) is 118 cm³/mol. The molecule has 0 atom stereocenters. The lowest BCUT2D eigenvalue weighted by atomic mass is 10.0. The fourth-order valence-electron chi connectivity index (χ4n) is 3.04. The summed E-state index contributed by atoms with van der Waals surface area (Å²) in [6, 6.07) is 12.2.